The summed E-state index contributed by atoms with van der Waals surface area (Å²) in [6, 6.07) is 10.0. The van der Waals surface area contributed by atoms with Crippen LogP contribution in [0.15, 0.2) is 42.7 Å². The zero-order valence-corrected chi connectivity index (χ0v) is 13.5. The van der Waals surface area contributed by atoms with E-state index in [2.05, 4.69) is 32.3 Å². The number of nitrogens with zero attached hydrogens (tertiary/aromatic N) is 3. The second kappa shape index (κ2) is 6.14. The Balaban J connectivity index is 1.40. The van der Waals surface area contributed by atoms with Gasteiger partial charge in [-0.3, -0.25) is 4.90 Å². The van der Waals surface area contributed by atoms with Gasteiger partial charge in [0.2, 0.25) is 5.95 Å². The molecule has 1 atom stereocenters. The van der Waals surface area contributed by atoms with E-state index in [9.17, 15) is 5.11 Å². The van der Waals surface area contributed by atoms with Crippen LogP contribution in [0.1, 0.15) is 11.3 Å². The van der Waals surface area contributed by atoms with Crippen molar-refractivity contribution in [2.24, 2.45) is 0 Å². The van der Waals surface area contributed by atoms with Crippen LogP contribution in [0.25, 0.3) is 10.1 Å². The molecule has 2 N–H and O–H groups in total. The topological polar surface area (TPSA) is 61.3 Å². The Hall–Kier alpha value is -2.18. The lowest BCUT2D eigenvalue weighted by Gasteiger charge is -2.15. The van der Waals surface area contributed by atoms with Gasteiger partial charge in [0.1, 0.15) is 5.75 Å². The van der Waals surface area contributed by atoms with Crippen LogP contribution in [0, 0.1) is 0 Å². The van der Waals surface area contributed by atoms with Crippen LogP contribution in [-0.4, -0.2) is 39.1 Å². The first kappa shape index (κ1) is 14.4. The summed E-state index contributed by atoms with van der Waals surface area (Å²) in [4.78, 5) is 12.2. The van der Waals surface area contributed by atoms with E-state index < -0.39 is 0 Å². The maximum atomic E-state index is 9.92. The molecule has 1 aliphatic rings. The van der Waals surface area contributed by atoms with Crippen molar-refractivity contribution < 1.29 is 5.11 Å². The quantitative estimate of drug-likeness (QED) is 0.771. The van der Waals surface area contributed by atoms with Gasteiger partial charge in [0.25, 0.3) is 0 Å². The minimum Gasteiger partial charge on any atom is -0.507 e. The number of aromatic hydroxyl groups is 1. The van der Waals surface area contributed by atoms with Crippen molar-refractivity contribution in [2.45, 2.75) is 19.0 Å². The summed E-state index contributed by atoms with van der Waals surface area (Å²) in [6.45, 7) is 2.97. The summed E-state index contributed by atoms with van der Waals surface area (Å²) in [5.74, 6) is 1.07. The normalized spacial score (nSPS) is 18.5. The Kier molecular flexibility index (Phi) is 3.85. The maximum absolute atomic E-state index is 9.92. The van der Waals surface area contributed by atoms with Crippen molar-refractivity contribution in [2.75, 3.05) is 18.4 Å². The molecule has 1 aliphatic heterocycles. The summed E-state index contributed by atoms with van der Waals surface area (Å²) in [5, 5.41) is 14.3. The van der Waals surface area contributed by atoms with E-state index in [1.54, 1.807) is 29.8 Å². The van der Waals surface area contributed by atoms with E-state index in [-0.39, 0.29) is 0 Å². The minimum absolute atomic E-state index is 0.368. The Bertz CT molecular complexity index is 805. The van der Waals surface area contributed by atoms with Crippen molar-refractivity contribution >= 4 is 27.4 Å². The van der Waals surface area contributed by atoms with E-state index in [0.29, 0.717) is 17.7 Å². The fraction of sp³-hybridized carbons (Fsp3) is 0.294. The van der Waals surface area contributed by atoms with Crippen LogP contribution in [0.2, 0.25) is 0 Å². The largest absolute Gasteiger partial charge is 0.507 e. The standard InChI is InChI=1S/C17H18N4OS/c22-15-3-1-4-16-14(15)9-13(23-16)11-21-8-5-12(10-21)20-17-18-6-2-7-19-17/h1-4,6-7,9,12,22H,5,8,10-11H2,(H,18,19,20). The van der Waals surface area contributed by atoms with Gasteiger partial charge in [-0.15, -0.1) is 11.3 Å². The molecule has 3 heterocycles. The minimum atomic E-state index is 0.368. The molecule has 1 fully saturated rings. The molecule has 1 unspecified atom stereocenters. The molecule has 1 saturated heterocycles. The van der Waals surface area contributed by atoms with Crippen LogP contribution in [0.3, 0.4) is 0 Å². The average molecular weight is 326 g/mol. The number of phenols is 1. The number of phenolic OH excluding ortho intramolecular Hbond substituents is 1. The SMILES string of the molecule is Oc1cccc2sc(CN3CCC(Nc4ncccn4)C3)cc12. The predicted octanol–water partition coefficient (Wildman–Crippen LogP) is 3.08. The van der Waals surface area contributed by atoms with Crippen LogP contribution in [-0.2, 0) is 6.54 Å². The number of anilines is 1. The van der Waals surface area contributed by atoms with Gasteiger partial charge in [-0.05, 0) is 30.7 Å². The summed E-state index contributed by atoms with van der Waals surface area (Å²) in [5.41, 5.74) is 0. The summed E-state index contributed by atoms with van der Waals surface area (Å²) >= 11 is 1.76. The monoisotopic (exact) mass is 326 g/mol. The molecule has 3 aromatic rings. The van der Waals surface area contributed by atoms with Crippen LogP contribution < -0.4 is 5.32 Å². The van der Waals surface area contributed by atoms with Crippen molar-refractivity contribution in [1.82, 2.24) is 14.9 Å². The molecule has 0 spiro atoms. The molecule has 118 valence electrons. The lowest BCUT2D eigenvalue weighted by Crippen LogP contribution is -2.26. The number of rotatable bonds is 4. The van der Waals surface area contributed by atoms with E-state index >= 15 is 0 Å². The highest BCUT2D eigenvalue weighted by atomic mass is 32.1. The number of thiophene rings is 1. The third kappa shape index (κ3) is 3.13. The molecule has 0 radical (unpaired) electrons. The summed E-state index contributed by atoms with van der Waals surface area (Å²) < 4.78 is 1.14. The van der Waals surface area contributed by atoms with E-state index in [0.717, 1.165) is 36.1 Å². The lowest BCUT2D eigenvalue weighted by molar-refractivity contribution is 0.331. The van der Waals surface area contributed by atoms with Crippen molar-refractivity contribution in [3.05, 3.63) is 47.6 Å². The zero-order chi connectivity index (χ0) is 15.6. The van der Waals surface area contributed by atoms with E-state index in [1.807, 2.05) is 12.1 Å². The third-order valence-electron chi connectivity index (χ3n) is 4.14. The van der Waals surface area contributed by atoms with E-state index in [1.165, 1.54) is 4.88 Å². The lowest BCUT2D eigenvalue weighted by atomic mass is 10.2. The number of nitrogens with one attached hydrogen (secondary N) is 1. The van der Waals surface area contributed by atoms with E-state index in [4.69, 9.17) is 0 Å². The van der Waals surface area contributed by atoms with Gasteiger partial charge in [-0.25, -0.2) is 9.97 Å². The highest BCUT2D eigenvalue weighted by Crippen LogP contribution is 2.33. The van der Waals surface area contributed by atoms with Crippen molar-refractivity contribution in [3.63, 3.8) is 0 Å². The first-order valence-electron chi connectivity index (χ1n) is 7.74. The van der Waals surface area contributed by atoms with Gasteiger partial charge in [0.15, 0.2) is 0 Å². The molecular formula is C17H18N4OS. The Morgan fingerprint density at radius 3 is 2.96 bits per heavy atom. The number of benzene rings is 1. The maximum Gasteiger partial charge on any atom is 0.222 e. The number of hydrogen-bond acceptors (Lipinski definition) is 6. The first-order valence-corrected chi connectivity index (χ1v) is 8.56. The molecule has 0 saturated carbocycles. The Labute approximate surface area is 138 Å². The van der Waals surface area contributed by atoms with Gasteiger partial charge >= 0.3 is 0 Å². The Morgan fingerprint density at radius 1 is 1.26 bits per heavy atom. The Morgan fingerprint density at radius 2 is 2.13 bits per heavy atom. The fourth-order valence-electron chi connectivity index (χ4n) is 3.05. The van der Waals surface area contributed by atoms with Gasteiger partial charge in [0, 0.05) is 53.0 Å². The van der Waals surface area contributed by atoms with Crippen LogP contribution >= 0.6 is 11.3 Å². The second-order valence-electron chi connectivity index (χ2n) is 5.84. The summed E-state index contributed by atoms with van der Waals surface area (Å²) in [6.07, 6.45) is 4.60. The van der Waals surface area contributed by atoms with Crippen LogP contribution in [0.4, 0.5) is 5.95 Å². The molecule has 2 aromatic heterocycles. The van der Waals surface area contributed by atoms with Crippen molar-refractivity contribution in [1.29, 1.82) is 0 Å². The molecule has 0 amide bonds. The molecule has 6 heteroatoms. The van der Waals surface area contributed by atoms with Gasteiger partial charge < -0.3 is 10.4 Å². The van der Waals surface area contributed by atoms with Crippen LogP contribution in [0.5, 0.6) is 5.75 Å². The number of aromatic nitrogens is 2. The highest BCUT2D eigenvalue weighted by Gasteiger charge is 2.23. The average Bonchev–Trinajstić information content (AvgIpc) is 3.16. The second-order valence-corrected chi connectivity index (χ2v) is 7.01. The fourth-order valence-corrected chi connectivity index (χ4v) is 4.17. The molecule has 4 rings (SSSR count). The van der Waals surface area contributed by atoms with Gasteiger partial charge in [0.05, 0.1) is 0 Å². The molecular weight excluding hydrogens is 308 g/mol. The zero-order valence-electron chi connectivity index (χ0n) is 12.6. The number of hydrogen-bond donors (Lipinski definition) is 2. The predicted molar refractivity (Wildman–Crippen MR) is 92.8 cm³/mol. The van der Waals surface area contributed by atoms with Gasteiger partial charge in [-0.2, -0.15) is 0 Å². The highest BCUT2D eigenvalue weighted by molar-refractivity contribution is 7.19. The number of likely N-dealkylation sites (tertiary alicyclic amines) is 1. The summed E-state index contributed by atoms with van der Waals surface area (Å²) in [7, 11) is 0. The first-order chi connectivity index (χ1) is 11.3. The molecule has 1 aromatic carbocycles. The molecule has 0 bridgehead atoms. The van der Waals surface area contributed by atoms with Gasteiger partial charge in [-0.1, -0.05) is 6.07 Å². The molecule has 5 nitrogen and oxygen atoms in total. The molecule has 0 aliphatic carbocycles. The third-order valence-corrected chi connectivity index (χ3v) is 5.23. The smallest absolute Gasteiger partial charge is 0.222 e. The number of fused-ring (bicyclic) bond motifs is 1. The molecule has 23 heavy (non-hydrogen) atoms. The van der Waals surface area contributed by atoms with Crippen molar-refractivity contribution in [3.8, 4) is 5.75 Å².